The van der Waals surface area contributed by atoms with E-state index < -0.39 is 0 Å². The summed E-state index contributed by atoms with van der Waals surface area (Å²) < 4.78 is 0. The van der Waals surface area contributed by atoms with E-state index >= 15 is 0 Å². The van der Waals surface area contributed by atoms with Crippen LogP contribution in [0.25, 0.3) is 0 Å². The number of pyridine rings is 1. The lowest BCUT2D eigenvalue weighted by Gasteiger charge is -2.17. The van der Waals surface area contributed by atoms with E-state index in [0.717, 1.165) is 5.56 Å². The number of halogens is 1. The van der Waals surface area contributed by atoms with Gasteiger partial charge in [-0.05, 0) is 17.7 Å². The van der Waals surface area contributed by atoms with Crippen LogP contribution in [0.3, 0.4) is 0 Å². The summed E-state index contributed by atoms with van der Waals surface area (Å²) in [5.41, 5.74) is 13.5. The average molecular weight is 319 g/mol. The zero-order chi connectivity index (χ0) is 15.1. The normalized spacial score (nSPS) is 11.7. The fourth-order valence-corrected chi connectivity index (χ4v) is 1.72. The third-order valence-electron chi connectivity index (χ3n) is 2.77. The quantitative estimate of drug-likeness (QED) is 0.667. The van der Waals surface area contributed by atoms with Gasteiger partial charge in [0.05, 0.1) is 11.9 Å². The first-order valence-electron chi connectivity index (χ1n) is 6.48. The van der Waals surface area contributed by atoms with Gasteiger partial charge in [0.25, 0.3) is 0 Å². The maximum Gasteiger partial charge on any atom is 0.223 e. The Bertz CT molecular complexity index is 627. The molecule has 0 atom stereocenters. The molecule has 0 unspecified atom stereocenters. The van der Waals surface area contributed by atoms with Gasteiger partial charge in [-0.2, -0.15) is 4.99 Å². The number of hydrogen-bond acceptors (Lipinski definition) is 2. The fourth-order valence-electron chi connectivity index (χ4n) is 1.72. The fraction of sp³-hybridized carbons (Fsp3) is 0.133. The van der Waals surface area contributed by atoms with Gasteiger partial charge in [0.1, 0.15) is 0 Å². The molecule has 0 saturated heterocycles. The Morgan fingerprint density at radius 3 is 2.50 bits per heavy atom. The monoisotopic (exact) mass is 318 g/mol. The van der Waals surface area contributed by atoms with Crippen LogP contribution in [0.15, 0.2) is 64.8 Å². The second-order valence-electron chi connectivity index (χ2n) is 4.49. The van der Waals surface area contributed by atoms with Crippen LogP contribution in [0.2, 0.25) is 0 Å². The number of aromatic nitrogens is 1. The molecular weight excluding hydrogens is 300 g/mol. The molecule has 0 spiro atoms. The van der Waals surface area contributed by atoms with Crippen molar-refractivity contribution in [3.63, 3.8) is 0 Å². The molecule has 1 aromatic carbocycles. The summed E-state index contributed by atoms with van der Waals surface area (Å²) in [5.74, 6) is 0.407. The van der Waals surface area contributed by atoms with Gasteiger partial charge in [-0.15, -0.1) is 12.4 Å². The minimum absolute atomic E-state index is 0. The molecular formula is C15H19ClN6. The van der Waals surface area contributed by atoms with Crippen molar-refractivity contribution < 1.29 is 0 Å². The third-order valence-corrected chi connectivity index (χ3v) is 2.77. The minimum Gasteiger partial charge on any atom is -0.369 e. The van der Waals surface area contributed by atoms with Crippen LogP contribution in [0.5, 0.6) is 0 Å². The topological polar surface area (TPSA) is 92.9 Å². The van der Waals surface area contributed by atoms with E-state index in [0.29, 0.717) is 18.2 Å². The standard InChI is InChI=1S/C15H18N6.ClH/c1-21(11-12-6-3-2-4-7-12)15(17)20-14(16)19-13-8-5-9-18-10-13;/h2-10H,11H2,1H3,(H4,16,17,19,20);1H. The maximum absolute atomic E-state index is 5.92. The van der Waals surface area contributed by atoms with Crippen LogP contribution >= 0.6 is 12.4 Å². The van der Waals surface area contributed by atoms with Crippen LogP contribution < -0.4 is 11.5 Å². The Labute approximate surface area is 136 Å². The Morgan fingerprint density at radius 1 is 1.14 bits per heavy atom. The van der Waals surface area contributed by atoms with Crippen LogP contribution in [0.4, 0.5) is 5.69 Å². The van der Waals surface area contributed by atoms with Crippen molar-refractivity contribution in [3.05, 3.63) is 60.4 Å². The molecule has 1 aromatic heterocycles. The molecule has 1 heterocycles. The highest BCUT2D eigenvalue weighted by Crippen LogP contribution is 2.07. The molecule has 0 fully saturated rings. The predicted octanol–water partition coefficient (Wildman–Crippen LogP) is 1.90. The first-order valence-corrected chi connectivity index (χ1v) is 6.48. The smallest absolute Gasteiger partial charge is 0.223 e. The van der Waals surface area contributed by atoms with Gasteiger partial charge >= 0.3 is 0 Å². The molecule has 6 nitrogen and oxygen atoms in total. The van der Waals surface area contributed by atoms with E-state index in [1.165, 1.54) is 0 Å². The molecule has 22 heavy (non-hydrogen) atoms. The molecule has 0 radical (unpaired) electrons. The van der Waals surface area contributed by atoms with E-state index in [1.54, 1.807) is 29.4 Å². The van der Waals surface area contributed by atoms with Crippen molar-refractivity contribution in [1.82, 2.24) is 9.88 Å². The highest BCUT2D eigenvalue weighted by atomic mass is 35.5. The van der Waals surface area contributed by atoms with Crippen LogP contribution in [0, 0.1) is 0 Å². The van der Waals surface area contributed by atoms with E-state index in [1.807, 2.05) is 37.4 Å². The highest BCUT2D eigenvalue weighted by Gasteiger charge is 2.03. The third kappa shape index (κ3) is 5.41. The summed E-state index contributed by atoms with van der Waals surface area (Å²) in [7, 11) is 1.85. The first-order chi connectivity index (χ1) is 10.1. The summed E-state index contributed by atoms with van der Waals surface area (Å²) in [6, 6.07) is 13.6. The summed E-state index contributed by atoms with van der Waals surface area (Å²) in [5, 5.41) is 0. The van der Waals surface area contributed by atoms with Crippen LogP contribution in [0.1, 0.15) is 5.56 Å². The van der Waals surface area contributed by atoms with Crippen molar-refractivity contribution in [3.8, 4) is 0 Å². The second-order valence-corrected chi connectivity index (χ2v) is 4.49. The number of rotatable bonds is 3. The Hall–Kier alpha value is -2.60. The van der Waals surface area contributed by atoms with Crippen molar-refractivity contribution in [1.29, 1.82) is 0 Å². The lowest BCUT2D eigenvalue weighted by Crippen LogP contribution is -2.35. The van der Waals surface area contributed by atoms with Crippen molar-refractivity contribution in [2.75, 3.05) is 7.05 Å². The SMILES string of the molecule is CN(Cc1ccccc1)C(N)=NC(N)=Nc1cccnc1.Cl. The minimum atomic E-state index is 0. The molecule has 2 rings (SSSR count). The van der Waals surface area contributed by atoms with Gasteiger partial charge in [0.15, 0.2) is 5.96 Å². The van der Waals surface area contributed by atoms with E-state index in [9.17, 15) is 0 Å². The van der Waals surface area contributed by atoms with E-state index in [4.69, 9.17) is 11.5 Å². The molecule has 0 aliphatic rings. The summed E-state index contributed by atoms with van der Waals surface area (Å²) >= 11 is 0. The average Bonchev–Trinajstić information content (AvgIpc) is 2.49. The molecule has 0 saturated carbocycles. The van der Waals surface area contributed by atoms with Crippen molar-refractivity contribution >= 4 is 30.0 Å². The van der Waals surface area contributed by atoms with Gasteiger partial charge in [0, 0.05) is 19.8 Å². The number of aliphatic imine (C=N–C) groups is 2. The number of nitrogens with zero attached hydrogens (tertiary/aromatic N) is 4. The Kier molecular flexibility index (Phi) is 6.85. The number of guanidine groups is 2. The number of nitrogens with two attached hydrogens (primary N) is 2. The van der Waals surface area contributed by atoms with Gasteiger partial charge in [-0.25, -0.2) is 4.99 Å². The van der Waals surface area contributed by atoms with E-state index in [-0.39, 0.29) is 18.4 Å². The second kappa shape index (κ2) is 8.63. The summed E-state index contributed by atoms with van der Waals surface area (Å²) in [6.07, 6.45) is 3.27. The molecule has 4 N–H and O–H groups in total. The van der Waals surface area contributed by atoms with E-state index in [2.05, 4.69) is 15.0 Å². The van der Waals surface area contributed by atoms with Crippen molar-refractivity contribution in [2.45, 2.75) is 6.54 Å². The summed E-state index contributed by atoms with van der Waals surface area (Å²) in [6.45, 7) is 0.649. The number of benzene rings is 1. The van der Waals surface area contributed by atoms with Gasteiger partial charge in [0.2, 0.25) is 5.96 Å². The molecule has 0 aliphatic carbocycles. The van der Waals surface area contributed by atoms with Crippen LogP contribution in [-0.4, -0.2) is 28.9 Å². The number of hydrogen-bond donors (Lipinski definition) is 2. The maximum atomic E-state index is 5.92. The van der Waals surface area contributed by atoms with Crippen LogP contribution in [-0.2, 0) is 6.54 Å². The first kappa shape index (κ1) is 17.5. The van der Waals surface area contributed by atoms with Gasteiger partial charge in [-0.3, -0.25) is 4.98 Å². The zero-order valence-corrected chi connectivity index (χ0v) is 13.1. The van der Waals surface area contributed by atoms with Crippen molar-refractivity contribution in [2.24, 2.45) is 21.5 Å². The summed E-state index contributed by atoms with van der Waals surface area (Å²) in [4.78, 5) is 14.0. The molecule has 2 aromatic rings. The molecule has 116 valence electrons. The van der Waals surface area contributed by atoms with Gasteiger partial charge in [-0.1, -0.05) is 30.3 Å². The molecule has 0 bridgehead atoms. The molecule has 0 amide bonds. The largest absolute Gasteiger partial charge is 0.369 e. The Balaban J connectivity index is 0.00000242. The Morgan fingerprint density at radius 2 is 1.86 bits per heavy atom. The lowest BCUT2D eigenvalue weighted by molar-refractivity contribution is 0.495. The zero-order valence-electron chi connectivity index (χ0n) is 12.3. The lowest BCUT2D eigenvalue weighted by atomic mass is 10.2. The van der Waals surface area contributed by atoms with Gasteiger partial charge < -0.3 is 16.4 Å². The predicted molar refractivity (Wildman–Crippen MR) is 92.3 cm³/mol. The molecule has 7 heteroatoms. The highest BCUT2D eigenvalue weighted by molar-refractivity contribution is 5.94. The molecule has 0 aliphatic heterocycles.